The van der Waals surface area contributed by atoms with Crippen LogP contribution >= 0.6 is 12.4 Å². The van der Waals surface area contributed by atoms with Gasteiger partial charge in [-0.3, -0.25) is 10.1 Å². The van der Waals surface area contributed by atoms with E-state index in [0.717, 1.165) is 25.9 Å². The average Bonchev–Trinajstić information content (AvgIpc) is 2.45. The lowest BCUT2D eigenvalue weighted by Crippen LogP contribution is -2.33. The van der Waals surface area contributed by atoms with E-state index < -0.39 is 4.92 Å². The van der Waals surface area contributed by atoms with Crippen molar-refractivity contribution in [3.05, 3.63) is 33.9 Å². The summed E-state index contributed by atoms with van der Waals surface area (Å²) < 4.78 is 5.59. The van der Waals surface area contributed by atoms with Gasteiger partial charge in [0, 0.05) is 18.5 Å². The highest BCUT2D eigenvalue weighted by atomic mass is 35.5. The van der Waals surface area contributed by atoms with Crippen LogP contribution in [-0.2, 0) is 0 Å². The molecule has 0 bridgehead atoms. The van der Waals surface area contributed by atoms with Gasteiger partial charge in [-0.25, -0.2) is 0 Å². The predicted octanol–water partition coefficient (Wildman–Crippen LogP) is 2.27. The van der Waals surface area contributed by atoms with Gasteiger partial charge in [0.25, 0.3) is 5.69 Å². The Morgan fingerprint density at radius 2 is 2.35 bits per heavy atom. The minimum atomic E-state index is -0.562. The van der Waals surface area contributed by atoms with Crippen LogP contribution in [0, 0.1) is 27.4 Å². The zero-order chi connectivity index (χ0) is 13.7. The number of nitriles is 1. The zero-order valence-electron chi connectivity index (χ0n) is 10.9. The number of nitro groups is 1. The quantitative estimate of drug-likeness (QED) is 0.680. The smallest absolute Gasteiger partial charge is 0.290 e. The first-order valence-corrected chi connectivity index (χ1v) is 6.23. The van der Waals surface area contributed by atoms with Crippen molar-refractivity contribution in [1.29, 1.82) is 5.26 Å². The summed E-state index contributed by atoms with van der Waals surface area (Å²) in [7, 11) is 0. The molecule has 7 heteroatoms. The van der Waals surface area contributed by atoms with Crippen molar-refractivity contribution in [3.8, 4) is 11.8 Å². The molecule has 1 aliphatic rings. The monoisotopic (exact) mass is 297 g/mol. The molecule has 1 saturated heterocycles. The first-order chi connectivity index (χ1) is 9.22. The molecule has 20 heavy (non-hydrogen) atoms. The molecule has 108 valence electrons. The van der Waals surface area contributed by atoms with Gasteiger partial charge in [0.05, 0.1) is 11.5 Å². The Labute approximate surface area is 123 Å². The minimum Gasteiger partial charge on any atom is -0.492 e. The molecule has 1 aromatic carbocycles. The predicted molar refractivity (Wildman–Crippen MR) is 76.1 cm³/mol. The zero-order valence-corrected chi connectivity index (χ0v) is 11.7. The molecule has 1 fully saturated rings. The number of benzene rings is 1. The third kappa shape index (κ3) is 3.83. The largest absolute Gasteiger partial charge is 0.492 e. The lowest BCUT2D eigenvalue weighted by Gasteiger charge is -2.22. The molecular weight excluding hydrogens is 282 g/mol. The van der Waals surface area contributed by atoms with Crippen LogP contribution in [0.4, 0.5) is 5.69 Å². The van der Waals surface area contributed by atoms with Crippen molar-refractivity contribution >= 4 is 18.1 Å². The molecule has 1 aromatic rings. The van der Waals surface area contributed by atoms with Crippen LogP contribution in [0.2, 0.25) is 0 Å². The first-order valence-electron chi connectivity index (χ1n) is 6.23. The molecule has 1 aliphatic heterocycles. The average molecular weight is 298 g/mol. The molecule has 0 amide bonds. The normalized spacial score (nSPS) is 17.6. The molecule has 1 N–H and O–H groups in total. The Hall–Kier alpha value is -1.84. The number of ether oxygens (including phenoxy) is 1. The maximum absolute atomic E-state index is 10.8. The van der Waals surface area contributed by atoms with Gasteiger partial charge in [-0.2, -0.15) is 5.26 Å². The Kier molecular flexibility index (Phi) is 6.22. The second kappa shape index (κ2) is 7.68. The van der Waals surface area contributed by atoms with Gasteiger partial charge >= 0.3 is 0 Å². The summed E-state index contributed by atoms with van der Waals surface area (Å²) in [6, 6.07) is 6.30. The highest BCUT2D eigenvalue weighted by Crippen LogP contribution is 2.28. The Balaban J connectivity index is 0.00000200. The Morgan fingerprint density at radius 3 is 2.95 bits per heavy atom. The van der Waals surface area contributed by atoms with Crippen LogP contribution in [0.3, 0.4) is 0 Å². The maximum Gasteiger partial charge on any atom is 0.290 e. The van der Waals surface area contributed by atoms with Gasteiger partial charge in [-0.15, -0.1) is 12.4 Å². The number of nitro benzene ring substituents is 1. The van der Waals surface area contributed by atoms with Crippen molar-refractivity contribution in [2.75, 3.05) is 19.7 Å². The standard InChI is InChI=1S/C13H15N3O3.ClH/c14-7-11-12(16(17)18)4-1-5-13(11)19-9-10-3-2-6-15-8-10;/h1,4-5,10,15H,2-3,6,8-9H2;1H/t10-;/m0./s1. The fraction of sp³-hybridized carbons (Fsp3) is 0.462. The third-order valence-corrected chi connectivity index (χ3v) is 3.19. The lowest BCUT2D eigenvalue weighted by atomic mass is 10.0. The van der Waals surface area contributed by atoms with Crippen LogP contribution < -0.4 is 10.1 Å². The van der Waals surface area contributed by atoms with Gasteiger partial charge < -0.3 is 10.1 Å². The molecule has 0 radical (unpaired) electrons. The molecule has 1 atom stereocenters. The lowest BCUT2D eigenvalue weighted by molar-refractivity contribution is -0.385. The summed E-state index contributed by atoms with van der Waals surface area (Å²) in [4.78, 5) is 10.3. The molecule has 2 rings (SSSR count). The van der Waals surface area contributed by atoms with Crippen LogP contribution in [0.15, 0.2) is 18.2 Å². The third-order valence-electron chi connectivity index (χ3n) is 3.19. The van der Waals surface area contributed by atoms with E-state index in [1.165, 1.54) is 12.1 Å². The van der Waals surface area contributed by atoms with E-state index in [2.05, 4.69) is 5.32 Å². The van der Waals surface area contributed by atoms with Crippen molar-refractivity contribution in [1.82, 2.24) is 5.32 Å². The second-order valence-corrected chi connectivity index (χ2v) is 4.54. The van der Waals surface area contributed by atoms with Gasteiger partial charge in [0.2, 0.25) is 0 Å². The van der Waals surface area contributed by atoms with Crippen LogP contribution in [0.5, 0.6) is 5.75 Å². The highest BCUT2D eigenvalue weighted by Gasteiger charge is 2.20. The molecule has 0 aliphatic carbocycles. The van der Waals surface area contributed by atoms with Crippen molar-refractivity contribution < 1.29 is 9.66 Å². The topological polar surface area (TPSA) is 88.2 Å². The number of hydrogen-bond donors (Lipinski definition) is 1. The van der Waals surface area contributed by atoms with E-state index in [1.54, 1.807) is 6.07 Å². The van der Waals surface area contributed by atoms with Crippen LogP contribution in [0.25, 0.3) is 0 Å². The van der Waals surface area contributed by atoms with E-state index in [9.17, 15) is 10.1 Å². The summed E-state index contributed by atoms with van der Waals surface area (Å²) in [6.45, 7) is 2.39. The Bertz CT molecular complexity index is 510. The minimum absolute atomic E-state index is 0. The summed E-state index contributed by atoms with van der Waals surface area (Å²) in [5, 5.41) is 23.1. The molecule has 0 spiro atoms. The summed E-state index contributed by atoms with van der Waals surface area (Å²) in [5.41, 5.74) is -0.210. The van der Waals surface area contributed by atoms with E-state index in [4.69, 9.17) is 10.00 Å². The molecule has 0 unspecified atom stereocenters. The molecule has 0 saturated carbocycles. The fourth-order valence-electron chi connectivity index (χ4n) is 2.18. The maximum atomic E-state index is 10.8. The van der Waals surface area contributed by atoms with Crippen molar-refractivity contribution in [3.63, 3.8) is 0 Å². The van der Waals surface area contributed by atoms with Crippen LogP contribution in [0.1, 0.15) is 18.4 Å². The summed E-state index contributed by atoms with van der Waals surface area (Å²) in [5.74, 6) is 0.682. The molecule has 6 nitrogen and oxygen atoms in total. The number of rotatable bonds is 4. The van der Waals surface area contributed by atoms with E-state index in [-0.39, 0.29) is 23.7 Å². The van der Waals surface area contributed by atoms with Gasteiger partial charge in [-0.1, -0.05) is 6.07 Å². The van der Waals surface area contributed by atoms with Gasteiger partial charge in [0.15, 0.2) is 5.56 Å². The van der Waals surface area contributed by atoms with Crippen molar-refractivity contribution in [2.24, 2.45) is 5.92 Å². The van der Waals surface area contributed by atoms with Gasteiger partial charge in [0.1, 0.15) is 11.8 Å². The second-order valence-electron chi connectivity index (χ2n) is 4.54. The number of piperidine rings is 1. The number of nitrogens with zero attached hydrogens (tertiary/aromatic N) is 2. The molecular formula is C13H16ClN3O3. The first kappa shape index (κ1) is 16.2. The fourth-order valence-corrected chi connectivity index (χ4v) is 2.18. The number of hydrogen-bond acceptors (Lipinski definition) is 5. The number of halogens is 1. The Morgan fingerprint density at radius 1 is 1.55 bits per heavy atom. The van der Waals surface area contributed by atoms with Crippen LogP contribution in [-0.4, -0.2) is 24.6 Å². The SMILES string of the molecule is Cl.N#Cc1c(OC[C@H]2CCCNC2)cccc1[N+](=O)[O-]. The molecule has 0 aromatic heterocycles. The number of nitrogens with one attached hydrogen (secondary N) is 1. The summed E-state index contributed by atoms with van der Waals surface area (Å²) >= 11 is 0. The van der Waals surface area contributed by atoms with E-state index >= 15 is 0 Å². The van der Waals surface area contributed by atoms with Gasteiger partial charge in [-0.05, 0) is 25.5 Å². The van der Waals surface area contributed by atoms with E-state index in [1.807, 2.05) is 6.07 Å². The summed E-state index contributed by atoms with van der Waals surface area (Å²) in [6.07, 6.45) is 2.18. The highest BCUT2D eigenvalue weighted by molar-refractivity contribution is 5.85. The molecule has 1 heterocycles. The van der Waals surface area contributed by atoms with Crippen molar-refractivity contribution in [2.45, 2.75) is 12.8 Å². The van der Waals surface area contributed by atoms with E-state index in [0.29, 0.717) is 18.3 Å².